The average Bonchev–Trinajstić information content (AvgIpc) is 3.39. The molecule has 19 atom stereocenters. The van der Waals surface area contributed by atoms with Crippen molar-refractivity contribution in [3.63, 3.8) is 0 Å². The van der Waals surface area contributed by atoms with Gasteiger partial charge in [0.15, 0.2) is 24.8 Å². The molecular formula is C47H74O15. The van der Waals surface area contributed by atoms with E-state index in [9.17, 15) is 39.9 Å². The van der Waals surface area contributed by atoms with Crippen LogP contribution in [0.5, 0.6) is 0 Å². The lowest BCUT2D eigenvalue weighted by Gasteiger charge is -2.67. The van der Waals surface area contributed by atoms with E-state index in [2.05, 4.69) is 61.5 Å². The number of carbonyl (C=O) groups is 3. The zero-order chi connectivity index (χ0) is 45.9. The second kappa shape index (κ2) is 18.4. The van der Waals surface area contributed by atoms with Crippen LogP contribution < -0.4 is 0 Å². The zero-order valence-electron chi connectivity index (χ0n) is 38.6. The fourth-order valence-electron chi connectivity index (χ4n) is 13.2. The molecule has 2 heterocycles. The lowest BCUT2D eigenvalue weighted by atomic mass is 9.38. The van der Waals surface area contributed by atoms with Crippen molar-refractivity contribution in [1.29, 1.82) is 0 Å². The fraction of sp³-hybridized carbons (Fsp3) is 0.851. The van der Waals surface area contributed by atoms with Gasteiger partial charge in [-0.15, -0.1) is 0 Å². The van der Waals surface area contributed by atoms with Gasteiger partial charge < -0.3 is 58.7 Å². The number of fused-ring (bicyclic) bond motifs is 5. The predicted octanol–water partition coefficient (Wildman–Crippen LogP) is 4.28. The monoisotopic (exact) mass is 879 g/mol. The largest absolute Gasteiger partial charge is 0.463 e. The summed E-state index contributed by atoms with van der Waals surface area (Å²) >= 11 is 0. The van der Waals surface area contributed by atoms with Gasteiger partial charge in [-0.1, -0.05) is 64.8 Å². The van der Waals surface area contributed by atoms with Crippen LogP contribution in [0.15, 0.2) is 23.3 Å². The van der Waals surface area contributed by atoms with Crippen LogP contribution in [0.25, 0.3) is 0 Å². The topological polar surface area (TPSA) is 217 Å². The minimum atomic E-state index is -1.59. The van der Waals surface area contributed by atoms with Crippen LogP contribution in [-0.4, -0.2) is 130 Å². The van der Waals surface area contributed by atoms with E-state index in [4.69, 9.17) is 33.2 Å². The molecule has 0 spiro atoms. The maximum Gasteiger partial charge on any atom is 0.303 e. The van der Waals surface area contributed by atoms with E-state index in [1.165, 1.54) is 26.3 Å². The summed E-state index contributed by atoms with van der Waals surface area (Å²) in [4.78, 5) is 35.5. The van der Waals surface area contributed by atoms with Crippen molar-refractivity contribution >= 4 is 17.9 Å². The average molecular weight is 879 g/mol. The zero-order valence-corrected chi connectivity index (χ0v) is 38.6. The molecular weight excluding hydrogens is 805 g/mol. The number of allylic oxidation sites excluding steroid dienone is 2. The smallest absolute Gasteiger partial charge is 0.303 e. The number of aliphatic hydroxyl groups is 5. The Labute approximate surface area is 366 Å². The van der Waals surface area contributed by atoms with Gasteiger partial charge in [0.1, 0.15) is 37.1 Å². The van der Waals surface area contributed by atoms with Crippen LogP contribution in [0, 0.1) is 45.3 Å². The van der Waals surface area contributed by atoms with Crippen LogP contribution in [0.2, 0.25) is 0 Å². The summed E-state index contributed by atoms with van der Waals surface area (Å²) < 4.78 is 41.3. The first-order valence-corrected chi connectivity index (χ1v) is 22.7. The van der Waals surface area contributed by atoms with Gasteiger partial charge in [0.05, 0.1) is 24.9 Å². The summed E-state index contributed by atoms with van der Waals surface area (Å²) in [5.74, 6) is -1.73. The van der Waals surface area contributed by atoms with Gasteiger partial charge in [-0.25, -0.2) is 0 Å². The highest BCUT2D eigenvalue weighted by atomic mass is 16.7. The fourth-order valence-corrected chi connectivity index (χ4v) is 13.2. The van der Waals surface area contributed by atoms with Crippen LogP contribution in [0.3, 0.4) is 0 Å². The van der Waals surface area contributed by atoms with Crippen LogP contribution >= 0.6 is 0 Å². The standard InChI is InChI=1S/C47H74O15/c1-23(2)13-12-14-24(3)35-31(60-43-38(54)37(53)36(52)32(61-43)21-56-25(4)48)20-47(11)41-30(51)19-29-28(45(41,9)17-18-46(35,47)10)15-16-34(44(29,7)8)62-42-39(55)40(59-27(6)50)33(22-57-42)58-26(5)49/h13,19,24,28,30-43,51-55H,12,14-18,20-22H2,1-11H3/t24-,28+,30-,31-,32-,33-,34-,35-,36-,37+,38+,39+,40-,41-,42-,43-,45-,46-,47-/m0/s1. The van der Waals surface area contributed by atoms with E-state index in [0.717, 1.165) is 37.7 Å². The van der Waals surface area contributed by atoms with E-state index >= 15 is 0 Å². The Kier molecular flexibility index (Phi) is 14.6. The first kappa shape index (κ1) is 49.0. The molecule has 2 saturated heterocycles. The highest BCUT2D eigenvalue weighted by Crippen LogP contribution is 2.75. The highest BCUT2D eigenvalue weighted by molar-refractivity contribution is 5.67. The van der Waals surface area contributed by atoms with Crippen molar-refractivity contribution in [3.05, 3.63) is 23.3 Å². The van der Waals surface area contributed by atoms with Gasteiger partial charge in [-0.3, -0.25) is 14.4 Å². The molecule has 15 heteroatoms. The molecule has 3 saturated carbocycles. The Morgan fingerprint density at radius 2 is 1.48 bits per heavy atom. The third-order valence-electron chi connectivity index (χ3n) is 16.3. The van der Waals surface area contributed by atoms with Gasteiger partial charge in [0, 0.05) is 32.1 Å². The van der Waals surface area contributed by atoms with E-state index in [0.29, 0.717) is 12.8 Å². The number of carbonyl (C=O) groups excluding carboxylic acids is 3. The maximum absolute atomic E-state index is 12.6. The molecule has 0 aromatic rings. The van der Waals surface area contributed by atoms with Crippen LogP contribution in [0.1, 0.15) is 121 Å². The SMILES string of the molecule is CC(=O)OC[C@@H]1O[C@H](O[C@H]2C[C@@]3(C)[C@H]4[C@@H](O)C=C5[C@@H](CC[C@H](O[C@@H]6OC[C@H](OC(C)=O)[C@H](OC(C)=O)[C@H]6O)C5(C)C)[C@]4(C)CC[C@@]3(C)[C@H]2[C@@H](C)CCC=C(C)C)[C@H](O)[C@H](O)[C@H]1O. The van der Waals surface area contributed by atoms with E-state index in [-0.39, 0.29) is 47.7 Å². The minimum Gasteiger partial charge on any atom is -0.463 e. The summed E-state index contributed by atoms with van der Waals surface area (Å²) in [6.07, 6.45) is -3.79. The molecule has 4 aliphatic carbocycles. The summed E-state index contributed by atoms with van der Waals surface area (Å²) in [6.45, 7) is 20.8. The van der Waals surface area contributed by atoms with Crippen LogP contribution in [-0.2, 0) is 47.5 Å². The second-order valence-corrected chi connectivity index (χ2v) is 20.9. The van der Waals surface area contributed by atoms with Crippen molar-refractivity contribution in [3.8, 4) is 0 Å². The summed E-state index contributed by atoms with van der Waals surface area (Å²) in [6, 6.07) is 0. The van der Waals surface area contributed by atoms with Gasteiger partial charge in [-0.2, -0.15) is 0 Å². The molecule has 62 heavy (non-hydrogen) atoms. The Bertz CT molecular complexity index is 1710. The number of esters is 3. The lowest BCUT2D eigenvalue weighted by molar-refractivity contribution is -0.316. The molecule has 0 aromatic heterocycles. The molecule has 5 fully saturated rings. The Hall–Kier alpha value is -2.47. The van der Waals surface area contributed by atoms with Crippen molar-refractivity contribution < 1.29 is 73.1 Å². The third kappa shape index (κ3) is 8.92. The summed E-state index contributed by atoms with van der Waals surface area (Å²) in [5, 5.41) is 57.0. The first-order chi connectivity index (χ1) is 28.9. The summed E-state index contributed by atoms with van der Waals surface area (Å²) in [7, 11) is 0. The van der Waals surface area contributed by atoms with E-state index < -0.39 is 102 Å². The number of hydrogen-bond donors (Lipinski definition) is 5. The molecule has 15 nitrogen and oxygen atoms in total. The minimum absolute atomic E-state index is 0.0225. The third-order valence-corrected chi connectivity index (χ3v) is 16.3. The first-order valence-electron chi connectivity index (χ1n) is 22.7. The van der Waals surface area contributed by atoms with E-state index in [1.807, 2.05) is 6.08 Å². The van der Waals surface area contributed by atoms with Crippen molar-refractivity contribution in [2.24, 2.45) is 45.3 Å². The Balaban J connectivity index is 1.29. The Morgan fingerprint density at radius 1 is 0.806 bits per heavy atom. The molecule has 0 amide bonds. The van der Waals surface area contributed by atoms with E-state index in [1.54, 1.807) is 0 Å². The molecule has 2 aliphatic heterocycles. The molecule has 352 valence electrons. The summed E-state index contributed by atoms with van der Waals surface area (Å²) in [5.41, 5.74) is 0.619. The molecule has 6 rings (SSSR count). The number of aliphatic hydroxyl groups excluding tert-OH is 5. The van der Waals surface area contributed by atoms with Gasteiger partial charge in [0.25, 0.3) is 0 Å². The Morgan fingerprint density at radius 3 is 2.11 bits per heavy atom. The molecule has 0 bridgehead atoms. The predicted molar refractivity (Wildman–Crippen MR) is 223 cm³/mol. The van der Waals surface area contributed by atoms with Crippen molar-refractivity contribution in [2.45, 2.75) is 195 Å². The normalized spacial score (nSPS) is 45.3. The quantitative estimate of drug-likeness (QED) is 0.105. The number of hydrogen-bond acceptors (Lipinski definition) is 15. The highest BCUT2D eigenvalue weighted by Gasteiger charge is 2.72. The van der Waals surface area contributed by atoms with Crippen molar-refractivity contribution in [1.82, 2.24) is 0 Å². The molecule has 0 aromatic carbocycles. The number of rotatable bonds is 12. The molecule has 6 aliphatic rings. The van der Waals surface area contributed by atoms with Gasteiger partial charge in [-0.05, 0) is 92.8 Å². The van der Waals surface area contributed by atoms with Crippen molar-refractivity contribution in [2.75, 3.05) is 13.2 Å². The maximum atomic E-state index is 12.6. The second-order valence-electron chi connectivity index (χ2n) is 20.9. The molecule has 0 radical (unpaired) electrons. The van der Waals surface area contributed by atoms with Gasteiger partial charge >= 0.3 is 17.9 Å². The lowest BCUT2D eigenvalue weighted by Crippen LogP contribution is -2.63. The van der Waals surface area contributed by atoms with Gasteiger partial charge in [0.2, 0.25) is 0 Å². The number of ether oxygens (including phenoxy) is 7. The molecule has 0 unspecified atom stereocenters. The molecule has 5 N–H and O–H groups in total. The van der Waals surface area contributed by atoms with Crippen LogP contribution in [0.4, 0.5) is 0 Å².